The molecule has 4 nitrogen and oxygen atoms in total. The van der Waals surface area contributed by atoms with Crippen molar-refractivity contribution in [2.24, 2.45) is 0 Å². The fourth-order valence-electron chi connectivity index (χ4n) is 1.32. The van der Waals surface area contributed by atoms with Crippen molar-refractivity contribution in [3.05, 3.63) is 52.1 Å². The second-order valence-electron chi connectivity index (χ2n) is 3.49. The summed E-state index contributed by atoms with van der Waals surface area (Å²) in [6.45, 7) is 0. The Kier molecular flexibility index (Phi) is 3.75. The average Bonchev–Trinajstić information content (AvgIpc) is 2.32. The summed E-state index contributed by atoms with van der Waals surface area (Å²) in [6.07, 6.45) is 1.32. The van der Waals surface area contributed by atoms with Gasteiger partial charge in [-0.15, -0.1) is 0 Å². The number of ether oxygens (including phenoxy) is 1. The van der Waals surface area contributed by atoms with Crippen LogP contribution >= 0.6 is 15.9 Å². The summed E-state index contributed by atoms with van der Waals surface area (Å²) in [5.41, 5.74) is -0.489. The largest absolute Gasteiger partial charge is 0.478 e. The van der Waals surface area contributed by atoms with Crippen LogP contribution < -0.4 is 4.74 Å². The standard InChI is InChI=1S/C12H6BrF2NO3/c13-6-3-10(15)11(16-5-6)19-7-1-2-8(12(17)18)9(14)4-7/h1-5H,(H,17,18). The first-order chi connectivity index (χ1) is 8.97. The highest BCUT2D eigenvalue weighted by Crippen LogP contribution is 2.25. The Morgan fingerprint density at radius 1 is 1.26 bits per heavy atom. The zero-order valence-electron chi connectivity index (χ0n) is 9.23. The van der Waals surface area contributed by atoms with Crippen LogP contribution in [0.1, 0.15) is 10.4 Å². The van der Waals surface area contributed by atoms with Crippen molar-refractivity contribution in [3.63, 3.8) is 0 Å². The fraction of sp³-hybridized carbons (Fsp3) is 0. The van der Waals surface area contributed by atoms with Gasteiger partial charge in [0.1, 0.15) is 11.6 Å². The Morgan fingerprint density at radius 2 is 2.00 bits per heavy atom. The van der Waals surface area contributed by atoms with E-state index >= 15 is 0 Å². The molecule has 98 valence electrons. The number of nitrogens with zero attached hydrogens (tertiary/aromatic N) is 1. The second kappa shape index (κ2) is 5.31. The van der Waals surface area contributed by atoms with E-state index in [9.17, 15) is 13.6 Å². The number of aromatic carboxylic acids is 1. The number of benzene rings is 1. The van der Waals surface area contributed by atoms with Crippen molar-refractivity contribution < 1.29 is 23.4 Å². The number of aromatic nitrogens is 1. The zero-order valence-corrected chi connectivity index (χ0v) is 10.8. The first-order valence-electron chi connectivity index (χ1n) is 4.99. The zero-order chi connectivity index (χ0) is 14.0. The third kappa shape index (κ3) is 3.05. The van der Waals surface area contributed by atoms with E-state index < -0.39 is 23.2 Å². The Hall–Kier alpha value is -2.02. The summed E-state index contributed by atoms with van der Waals surface area (Å²) in [5.74, 6) is -3.46. The van der Waals surface area contributed by atoms with Crippen LogP contribution in [0.25, 0.3) is 0 Å². The maximum absolute atomic E-state index is 13.4. The molecular weight excluding hydrogens is 324 g/mol. The SMILES string of the molecule is O=C(O)c1ccc(Oc2ncc(Br)cc2F)cc1F. The second-order valence-corrected chi connectivity index (χ2v) is 4.41. The van der Waals surface area contributed by atoms with Gasteiger partial charge in [-0.1, -0.05) is 0 Å². The normalized spacial score (nSPS) is 10.3. The number of hydrogen-bond acceptors (Lipinski definition) is 3. The Balaban J connectivity index is 2.29. The topological polar surface area (TPSA) is 59.4 Å². The third-order valence-electron chi connectivity index (χ3n) is 2.16. The van der Waals surface area contributed by atoms with Crippen LogP contribution in [0, 0.1) is 11.6 Å². The molecule has 0 saturated heterocycles. The van der Waals surface area contributed by atoms with Crippen molar-refractivity contribution in [1.29, 1.82) is 0 Å². The number of rotatable bonds is 3. The summed E-state index contributed by atoms with van der Waals surface area (Å²) in [4.78, 5) is 14.3. The molecule has 0 aliphatic heterocycles. The minimum Gasteiger partial charge on any atom is -0.478 e. The van der Waals surface area contributed by atoms with Gasteiger partial charge in [0, 0.05) is 16.7 Å². The summed E-state index contributed by atoms with van der Waals surface area (Å²) in [7, 11) is 0. The quantitative estimate of drug-likeness (QED) is 0.934. The first-order valence-corrected chi connectivity index (χ1v) is 5.78. The van der Waals surface area contributed by atoms with Crippen molar-refractivity contribution in [1.82, 2.24) is 4.98 Å². The smallest absolute Gasteiger partial charge is 0.338 e. The van der Waals surface area contributed by atoms with Crippen LogP contribution in [0.3, 0.4) is 0 Å². The maximum atomic E-state index is 13.4. The molecule has 7 heteroatoms. The van der Waals surface area contributed by atoms with Crippen molar-refractivity contribution in [2.75, 3.05) is 0 Å². The number of hydrogen-bond donors (Lipinski definition) is 1. The van der Waals surface area contributed by atoms with Gasteiger partial charge in [-0.25, -0.2) is 18.6 Å². The number of pyridine rings is 1. The molecule has 1 aromatic heterocycles. The summed E-state index contributed by atoms with van der Waals surface area (Å²) >= 11 is 3.04. The minimum atomic E-state index is -1.39. The van der Waals surface area contributed by atoms with Crippen LogP contribution in [0.2, 0.25) is 0 Å². The van der Waals surface area contributed by atoms with Gasteiger partial charge in [0.15, 0.2) is 5.82 Å². The molecule has 0 aliphatic rings. The van der Waals surface area contributed by atoms with E-state index in [-0.39, 0.29) is 11.6 Å². The molecule has 1 aromatic carbocycles. The number of carboxylic acid groups (broad SMARTS) is 1. The molecular formula is C12H6BrF2NO3. The van der Waals surface area contributed by atoms with Gasteiger partial charge in [-0.2, -0.15) is 0 Å². The number of halogens is 3. The average molecular weight is 330 g/mol. The van der Waals surface area contributed by atoms with E-state index in [1.54, 1.807) is 0 Å². The highest BCUT2D eigenvalue weighted by atomic mass is 79.9. The van der Waals surface area contributed by atoms with Crippen LogP contribution in [0.15, 0.2) is 34.9 Å². The van der Waals surface area contributed by atoms with E-state index in [2.05, 4.69) is 20.9 Å². The fourth-order valence-corrected chi connectivity index (χ4v) is 1.62. The molecule has 2 rings (SSSR count). The van der Waals surface area contributed by atoms with Gasteiger partial charge in [-0.05, 0) is 34.1 Å². The predicted molar refractivity (Wildman–Crippen MR) is 65.3 cm³/mol. The van der Waals surface area contributed by atoms with Gasteiger partial charge in [0.25, 0.3) is 5.88 Å². The van der Waals surface area contributed by atoms with Crippen molar-refractivity contribution in [3.8, 4) is 11.6 Å². The van der Waals surface area contributed by atoms with Gasteiger partial charge >= 0.3 is 5.97 Å². The summed E-state index contributed by atoms with van der Waals surface area (Å²) in [5, 5.41) is 8.66. The number of carbonyl (C=O) groups is 1. The molecule has 0 amide bonds. The lowest BCUT2D eigenvalue weighted by molar-refractivity contribution is 0.0692. The summed E-state index contributed by atoms with van der Waals surface area (Å²) < 4.78 is 32.3. The van der Waals surface area contributed by atoms with E-state index in [1.807, 2.05) is 0 Å². The molecule has 0 spiro atoms. The Bertz CT molecular complexity index is 649. The van der Waals surface area contributed by atoms with Crippen LogP contribution in [0.5, 0.6) is 11.6 Å². The molecule has 0 fully saturated rings. The molecule has 1 N–H and O–H groups in total. The highest BCUT2D eigenvalue weighted by Gasteiger charge is 2.13. The van der Waals surface area contributed by atoms with Crippen LogP contribution in [-0.2, 0) is 0 Å². The van der Waals surface area contributed by atoms with Crippen molar-refractivity contribution in [2.45, 2.75) is 0 Å². The van der Waals surface area contributed by atoms with Crippen molar-refractivity contribution >= 4 is 21.9 Å². The van der Waals surface area contributed by atoms with Crippen LogP contribution in [-0.4, -0.2) is 16.1 Å². The molecule has 2 aromatic rings. The molecule has 0 bridgehead atoms. The van der Waals surface area contributed by atoms with Gasteiger partial charge < -0.3 is 9.84 Å². The highest BCUT2D eigenvalue weighted by molar-refractivity contribution is 9.10. The van der Waals surface area contributed by atoms with Gasteiger partial charge in [0.2, 0.25) is 0 Å². The predicted octanol–water partition coefficient (Wildman–Crippen LogP) is 3.61. The summed E-state index contributed by atoms with van der Waals surface area (Å²) in [6, 6.07) is 4.25. The lowest BCUT2D eigenvalue weighted by atomic mass is 10.2. The van der Waals surface area contributed by atoms with Crippen LogP contribution in [0.4, 0.5) is 8.78 Å². The Morgan fingerprint density at radius 3 is 2.58 bits per heavy atom. The van der Waals surface area contributed by atoms with E-state index in [1.165, 1.54) is 12.3 Å². The monoisotopic (exact) mass is 329 g/mol. The first kappa shape index (κ1) is 13.4. The molecule has 1 heterocycles. The maximum Gasteiger partial charge on any atom is 0.338 e. The lowest BCUT2D eigenvalue weighted by Crippen LogP contribution is -2.00. The molecule has 0 atom stereocenters. The minimum absolute atomic E-state index is 0.0452. The Labute approximate surface area is 114 Å². The van der Waals surface area contributed by atoms with Gasteiger partial charge in [-0.3, -0.25) is 0 Å². The molecule has 0 radical (unpaired) electrons. The number of carboxylic acids is 1. The molecule has 0 saturated carbocycles. The van der Waals surface area contributed by atoms with E-state index in [0.717, 1.165) is 18.2 Å². The molecule has 19 heavy (non-hydrogen) atoms. The van der Waals surface area contributed by atoms with E-state index in [4.69, 9.17) is 9.84 Å². The van der Waals surface area contributed by atoms with E-state index in [0.29, 0.717) is 4.47 Å². The lowest BCUT2D eigenvalue weighted by Gasteiger charge is -2.06. The van der Waals surface area contributed by atoms with Gasteiger partial charge in [0.05, 0.1) is 5.56 Å². The molecule has 0 aliphatic carbocycles. The third-order valence-corrected chi connectivity index (χ3v) is 2.59. The molecule has 0 unspecified atom stereocenters.